The lowest BCUT2D eigenvalue weighted by Gasteiger charge is -2.33. The molecule has 1 fully saturated rings. The summed E-state index contributed by atoms with van der Waals surface area (Å²) in [4.78, 5) is 19.4. The summed E-state index contributed by atoms with van der Waals surface area (Å²) in [6.45, 7) is 4.87. The van der Waals surface area contributed by atoms with Gasteiger partial charge in [-0.1, -0.05) is 23.7 Å². The zero-order valence-electron chi connectivity index (χ0n) is 16.8. The number of halogens is 1. The van der Waals surface area contributed by atoms with Gasteiger partial charge in [-0.3, -0.25) is 9.48 Å². The van der Waals surface area contributed by atoms with Crippen LogP contribution in [0.3, 0.4) is 0 Å². The van der Waals surface area contributed by atoms with Crippen molar-refractivity contribution in [1.29, 1.82) is 0 Å². The van der Waals surface area contributed by atoms with Gasteiger partial charge in [0, 0.05) is 23.7 Å². The molecular formula is C22H25ClN4O2. The molecule has 0 N–H and O–H groups in total. The van der Waals surface area contributed by atoms with E-state index < -0.39 is 0 Å². The van der Waals surface area contributed by atoms with Crippen LogP contribution in [0.1, 0.15) is 53.9 Å². The highest BCUT2D eigenvalue weighted by molar-refractivity contribution is 6.30. The van der Waals surface area contributed by atoms with Crippen molar-refractivity contribution < 1.29 is 9.21 Å². The second kappa shape index (κ2) is 8.41. The molecule has 1 aliphatic rings. The van der Waals surface area contributed by atoms with Gasteiger partial charge in [-0.2, -0.15) is 5.10 Å². The Morgan fingerprint density at radius 1 is 1.24 bits per heavy atom. The quantitative estimate of drug-likeness (QED) is 0.619. The number of carbonyl (C=O) groups excluding carboxylic acids is 1. The van der Waals surface area contributed by atoms with Crippen LogP contribution in [0.4, 0.5) is 0 Å². The molecule has 4 rings (SSSR count). The number of hydrogen-bond donors (Lipinski definition) is 0. The molecule has 1 aromatic carbocycles. The van der Waals surface area contributed by atoms with Crippen LogP contribution in [0.15, 0.2) is 40.9 Å². The van der Waals surface area contributed by atoms with Crippen LogP contribution in [-0.2, 0) is 17.8 Å². The molecule has 1 saturated heterocycles. The largest absolute Gasteiger partial charge is 0.443 e. The predicted octanol–water partition coefficient (Wildman–Crippen LogP) is 4.49. The first-order chi connectivity index (χ1) is 14.0. The fourth-order valence-corrected chi connectivity index (χ4v) is 4.03. The standard InChI is InChI=1S/C22H25ClN4O2/c1-15-11-16(2)27(25-15)14-21(28)26-10-4-3-5-20(26)22-24-13-19(29-22)12-17-6-8-18(23)9-7-17/h6-9,11,13,20H,3-5,10,12,14H2,1-2H3/t20-/m0/s1. The van der Waals surface area contributed by atoms with Crippen molar-refractivity contribution in [2.45, 2.75) is 52.1 Å². The highest BCUT2D eigenvalue weighted by Crippen LogP contribution is 2.31. The normalized spacial score (nSPS) is 16.9. The van der Waals surface area contributed by atoms with Gasteiger partial charge in [0.15, 0.2) is 0 Å². The minimum absolute atomic E-state index is 0.0540. The van der Waals surface area contributed by atoms with Gasteiger partial charge >= 0.3 is 0 Å². The van der Waals surface area contributed by atoms with Crippen LogP contribution >= 0.6 is 11.6 Å². The molecule has 3 aromatic rings. The average molecular weight is 413 g/mol. The van der Waals surface area contributed by atoms with Gasteiger partial charge in [-0.05, 0) is 56.9 Å². The molecule has 29 heavy (non-hydrogen) atoms. The zero-order chi connectivity index (χ0) is 20.4. The third-order valence-corrected chi connectivity index (χ3v) is 5.61. The molecule has 0 spiro atoms. The number of likely N-dealkylation sites (tertiary alicyclic amines) is 1. The highest BCUT2D eigenvalue weighted by atomic mass is 35.5. The summed E-state index contributed by atoms with van der Waals surface area (Å²) < 4.78 is 7.82. The lowest BCUT2D eigenvalue weighted by atomic mass is 10.0. The van der Waals surface area contributed by atoms with E-state index in [0.717, 1.165) is 48.5 Å². The predicted molar refractivity (Wildman–Crippen MR) is 111 cm³/mol. The lowest BCUT2D eigenvalue weighted by molar-refractivity contribution is -0.136. The molecule has 0 aliphatic carbocycles. The van der Waals surface area contributed by atoms with Gasteiger partial charge < -0.3 is 9.32 Å². The number of nitrogens with zero attached hydrogens (tertiary/aromatic N) is 4. The molecule has 0 radical (unpaired) electrons. The lowest BCUT2D eigenvalue weighted by Crippen LogP contribution is -2.40. The zero-order valence-corrected chi connectivity index (χ0v) is 17.5. The SMILES string of the molecule is Cc1cc(C)n(CC(=O)N2CCCC[C@H]2c2ncc(Cc3ccc(Cl)cc3)o2)n1. The Kier molecular flexibility index (Phi) is 5.72. The number of hydrogen-bond acceptors (Lipinski definition) is 4. The first-order valence-corrected chi connectivity index (χ1v) is 10.4. The summed E-state index contributed by atoms with van der Waals surface area (Å²) in [7, 11) is 0. The van der Waals surface area contributed by atoms with Gasteiger partial charge in [0.25, 0.3) is 0 Å². The van der Waals surface area contributed by atoms with Crippen LogP contribution in [0.25, 0.3) is 0 Å². The fourth-order valence-electron chi connectivity index (χ4n) is 3.90. The van der Waals surface area contributed by atoms with Crippen molar-refractivity contribution in [3.05, 3.63) is 70.2 Å². The Bertz CT molecular complexity index is 993. The van der Waals surface area contributed by atoms with Crippen LogP contribution in [0, 0.1) is 13.8 Å². The Morgan fingerprint density at radius 3 is 2.76 bits per heavy atom. The van der Waals surface area contributed by atoms with Crippen molar-refractivity contribution in [3.8, 4) is 0 Å². The maximum absolute atomic E-state index is 13.0. The molecule has 1 amide bonds. The van der Waals surface area contributed by atoms with E-state index in [4.69, 9.17) is 16.0 Å². The smallest absolute Gasteiger partial charge is 0.244 e. The molecular weight excluding hydrogens is 388 g/mol. The van der Waals surface area contributed by atoms with Gasteiger partial charge in [0.1, 0.15) is 18.3 Å². The highest BCUT2D eigenvalue weighted by Gasteiger charge is 2.31. The Balaban J connectivity index is 1.48. The maximum atomic E-state index is 13.0. The van der Waals surface area contributed by atoms with Gasteiger partial charge in [0.05, 0.1) is 11.9 Å². The second-order valence-corrected chi connectivity index (χ2v) is 8.09. The molecule has 152 valence electrons. The molecule has 1 aliphatic heterocycles. The van der Waals surface area contributed by atoms with Crippen LogP contribution in [0.5, 0.6) is 0 Å². The van der Waals surface area contributed by atoms with E-state index in [9.17, 15) is 4.79 Å². The fraction of sp³-hybridized carbons (Fsp3) is 0.409. The number of piperidine rings is 1. The van der Waals surface area contributed by atoms with Crippen molar-refractivity contribution in [2.24, 2.45) is 0 Å². The van der Waals surface area contributed by atoms with Gasteiger partial charge in [0.2, 0.25) is 11.8 Å². The first-order valence-electron chi connectivity index (χ1n) is 9.99. The third-order valence-electron chi connectivity index (χ3n) is 5.36. The molecule has 1 atom stereocenters. The van der Waals surface area contributed by atoms with E-state index >= 15 is 0 Å². The number of aromatic nitrogens is 3. The third kappa shape index (κ3) is 4.53. The summed E-state index contributed by atoms with van der Waals surface area (Å²) in [5.74, 6) is 1.47. The summed E-state index contributed by atoms with van der Waals surface area (Å²) in [5.41, 5.74) is 3.02. The monoisotopic (exact) mass is 412 g/mol. The molecule has 3 heterocycles. The molecule has 6 nitrogen and oxygen atoms in total. The van der Waals surface area contributed by atoms with Crippen molar-refractivity contribution in [3.63, 3.8) is 0 Å². The molecule has 0 unspecified atom stereocenters. The van der Waals surface area contributed by atoms with E-state index in [0.29, 0.717) is 17.3 Å². The number of oxazole rings is 1. The van der Waals surface area contributed by atoms with Crippen molar-refractivity contribution in [2.75, 3.05) is 6.54 Å². The maximum Gasteiger partial charge on any atom is 0.244 e. The molecule has 0 bridgehead atoms. The summed E-state index contributed by atoms with van der Waals surface area (Å²) in [6, 6.07) is 9.57. The van der Waals surface area contributed by atoms with Gasteiger partial charge in [-0.25, -0.2) is 4.98 Å². The van der Waals surface area contributed by atoms with Crippen LogP contribution < -0.4 is 0 Å². The van der Waals surface area contributed by atoms with E-state index in [2.05, 4.69) is 10.1 Å². The van der Waals surface area contributed by atoms with Crippen molar-refractivity contribution >= 4 is 17.5 Å². The topological polar surface area (TPSA) is 64.2 Å². The minimum atomic E-state index is -0.118. The van der Waals surface area contributed by atoms with E-state index in [1.165, 1.54) is 0 Å². The minimum Gasteiger partial charge on any atom is -0.443 e. The summed E-state index contributed by atoms with van der Waals surface area (Å²) in [5, 5.41) is 5.13. The van der Waals surface area contributed by atoms with E-state index in [1.807, 2.05) is 49.1 Å². The van der Waals surface area contributed by atoms with Crippen molar-refractivity contribution in [1.82, 2.24) is 19.7 Å². The second-order valence-electron chi connectivity index (χ2n) is 7.65. The first kappa shape index (κ1) is 19.7. The Morgan fingerprint density at radius 2 is 2.03 bits per heavy atom. The van der Waals surface area contributed by atoms with E-state index in [1.54, 1.807) is 10.9 Å². The summed E-state index contributed by atoms with van der Waals surface area (Å²) in [6.07, 6.45) is 5.34. The molecule has 7 heteroatoms. The molecule has 0 saturated carbocycles. The Hall–Kier alpha value is -2.60. The Labute approximate surface area is 175 Å². The van der Waals surface area contributed by atoms with Crippen LogP contribution in [0.2, 0.25) is 5.02 Å². The number of rotatable bonds is 5. The number of amides is 1. The van der Waals surface area contributed by atoms with Gasteiger partial charge in [-0.15, -0.1) is 0 Å². The number of carbonyl (C=O) groups is 1. The molecule has 2 aromatic heterocycles. The number of benzene rings is 1. The van der Waals surface area contributed by atoms with E-state index in [-0.39, 0.29) is 18.5 Å². The summed E-state index contributed by atoms with van der Waals surface area (Å²) >= 11 is 5.96. The van der Waals surface area contributed by atoms with Crippen LogP contribution in [-0.4, -0.2) is 32.1 Å². The number of aryl methyl sites for hydroxylation is 2. The average Bonchev–Trinajstić information content (AvgIpc) is 3.29.